The summed E-state index contributed by atoms with van der Waals surface area (Å²) in [6, 6.07) is 2.64. The van der Waals surface area contributed by atoms with Gasteiger partial charge in [0.15, 0.2) is 0 Å². The van der Waals surface area contributed by atoms with Crippen LogP contribution < -0.4 is 10.0 Å². The molecule has 5 nitrogen and oxygen atoms in total. The van der Waals surface area contributed by atoms with Crippen molar-refractivity contribution in [2.75, 3.05) is 14.2 Å². The predicted molar refractivity (Wildman–Crippen MR) is 81.0 cm³/mol. The van der Waals surface area contributed by atoms with E-state index in [2.05, 4.69) is 26.0 Å². The van der Waals surface area contributed by atoms with Gasteiger partial charge >= 0.3 is 0 Å². The summed E-state index contributed by atoms with van der Waals surface area (Å²) in [6.07, 6.45) is 1.29. The first-order valence-corrected chi connectivity index (χ1v) is 8.82. The van der Waals surface area contributed by atoms with Crippen molar-refractivity contribution in [3.05, 3.63) is 28.0 Å². The lowest BCUT2D eigenvalue weighted by atomic mass is 9.90. The maximum atomic E-state index is 14.3. The van der Waals surface area contributed by atoms with Crippen molar-refractivity contribution < 1.29 is 17.5 Å². The minimum Gasteiger partial charge on any atom is -0.381 e. The molecule has 0 heterocycles. The average molecular weight is 381 g/mol. The molecule has 8 heteroatoms. The zero-order chi connectivity index (χ0) is 15.6. The number of sulfonamides is 1. The fourth-order valence-electron chi connectivity index (χ4n) is 2.27. The molecule has 0 atom stereocenters. The number of hydrogen-bond acceptors (Lipinski definition) is 4. The monoisotopic (exact) mass is 380 g/mol. The molecule has 1 fully saturated rings. The number of halogens is 2. The van der Waals surface area contributed by atoms with Gasteiger partial charge in [0, 0.05) is 29.7 Å². The van der Waals surface area contributed by atoms with Crippen LogP contribution in [0.4, 0.5) is 4.39 Å². The summed E-state index contributed by atoms with van der Waals surface area (Å²) < 4.78 is 47.2. The Labute approximate surface area is 132 Å². The molecule has 0 saturated heterocycles. The number of hydrogen-bond donors (Lipinski definition) is 2. The van der Waals surface area contributed by atoms with E-state index in [-0.39, 0.29) is 23.6 Å². The van der Waals surface area contributed by atoms with Crippen molar-refractivity contribution in [3.8, 4) is 0 Å². The second-order valence-electron chi connectivity index (χ2n) is 5.05. The number of benzene rings is 1. The van der Waals surface area contributed by atoms with Crippen LogP contribution in [0.25, 0.3) is 0 Å². The molecular formula is C13H18BrFN2O3S. The van der Waals surface area contributed by atoms with E-state index in [9.17, 15) is 12.8 Å². The largest absolute Gasteiger partial charge is 0.381 e. The van der Waals surface area contributed by atoms with Crippen LogP contribution in [0.5, 0.6) is 0 Å². The number of rotatable bonds is 6. The summed E-state index contributed by atoms with van der Waals surface area (Å²) in [5, 5.41) is 2.81. The highest BCUT2D eigenvalue weighted by Gasteiger charge is 2.34. The fraction of sp³-hybridized carbons (Fsp3) is 0.538. The van der Waals surface area contributed by atoms with Gasteiger partial charge in [0.1, 0.15) is 10.7 Å². The van der Waals surface area contributed by atoms with Crippen LogP contribution in [-0.4, -0.2) is 34.7 Å². The predicted octanol–water partition coefficient (Wildman–Crippen LogP) is 1.76. The van der Waals surface area contributed by atoms with Gasteiger partial charge in [0.2, 0.25) is 10.0 Å². The van der Waals surface area contributed by atoms with Gasteiger partial charge in [-0.05, 0) is 32.0 Å². The lowest BCUT2D eigenvalue weighted by Crippen LogP contribution is -2.47. The lowest BCUT2D eigenvalue weighted by Gasteiger charge is -2.34. The molecule has 1 aromatic carbocycles. The SMILES string of the molecule is CNCc1cc(Br)cc(S(=O)(=O)NC2CC(OC)C2)c1F. The van der Waals surface area contributed by atoms with Crippen molar-refractivity contribution >= 4 is 26.0 Å². The zero-order valence-corrected chi connectivity index (χ0v) is 14.2. The molecule has 1 aromatic rings. The third-order valence-electron chi connectivity index (χ3n) is 3.49. The van der Waals surface area contributed by atoms with E-state index in [0.29, 0.717) is 22.9 Å². The first-order chi connectivity index (χ1) is 9.87. The second-order valence-corrected chi connectivity index (χ2v) is 7.65. The van der Waals surface area contributed by atoms with Crippen molar-refractivity contribution in [1.29, 1.82) is 0 Å². The average Bonchev–Trinajstić information content (AvgIpc) is 2.37. The third kappa shape index (κ3) is 3.81. The Kier molecular flexibility index (Phi) is 5.37. The Balaban J connectivity index is 2.23. The molecule has 0 radical (unpaired) electrons. The summed E-state index contributed by atoms with van der Waals surface area (Å²) in [4.78, 5) is -0.331. The standard InChI is InChI=1S/C13H18BrFN2O3S/c1-16-7-8-3-9(14)4-12(13(8)15)21(18,19)17-10-5-11(6-10)20-2/h3-4,10-11,16-17H,5-7H2,1-2H3. The molecule has 0 unspecified atom stereocenters. The summed E-state index contributed by atoms with van der Waals surface area (Å²) >= 11 is 3.22. The van der Waals surface area contributed by atoms with Gasteiger partial charge in [-0.3, -0.25) is 0 Å². The van der Waals surface area contributed by atoms with Gasteiger partial charge in [-0.25, -0.2) is 17.5 Å². The van der Waals surface area contributed by atoms with Gasteiger partial charge in [-0.1, -0.05) is 15.9 Å². The fourth-order valence-corrected chi connectivity index (χ4v) is 4.33. The van der Waals surface area contributed by atoms with Crippen molar-refractivity contribution in [2.45, 2.75) is 36.4 Å². The summed E-state index contributed by atoms with van der Waals surface area (Å²) in [5.41, 5.74) is 0.302. The Morgan fingerprint density at radius 1 is 1.43 bits per heavy atom. The molecule has 1 aliphatic carbocycles. The molecule has 1 saturated carbocycles. The molecule has 21 heavy (non-hydrogen) atoms. The first kappa shape index (κ1) is 16.8. The van der Waals surface area contributed by atoms with Crippen LogP contribution in [0, 0.1) is 5.82 Å². The van der Waals surface area contributed by atoms with E-state index >= 15 is 0 Å². The molecule has 118 valence electrons. The Bertz CT molecular complexity index is 618. The van der Waals surface area contributed by atoms with Gasteiger partial charge in [0.25, 0.3) is 0 Å². The summed E-state index contributed by atoms with van der Waals surface area (Å²) in [6.45, 7) is 0.253. The van der Waals surface area contributed by atoms with Gasteiger partial charge in [-0.15, -0.1) is 0 Å². The smallest absolute Gasteiger partial charge is 0.243 e. The molecule has 0 spiro atoms. The minimum atomic E-state index is -3.88. The number of ether oxygens (including phenoxy) is 1. The lowest BCUT2D eigenvalue weighted by molar-refractivity contribution is 0.0236. The molecule has 2 rings (SSSR count). The van der Waals surface area contributed by atoms with Crippen LogP contribution >= 0.6 is 15.9 Å². The highest BCUT2D eigenvalue weighted by atomic mass is 79.9. The highest BCUT2D eigenvalue weighted by Crippen LogP contribution is 2.27. The molecule has 0 amide bonds. The van der Waals surface area contributed by atoms with Crippen LogP contribution in [0.3, 0.4) is 0 Å². The molecule has 0 bridgehead atoms. The van der Waals surface area contributed by atoms with Crippen molar-refractivity contribution in [1.82, 2.24) is 10.0 Å². The quantitative estimate of drug-likeness (QED) is 0.788. The maximum absolute atomic E-state index is 14.3. The van der Waals surface area contributed by atoms with Gasteiger partial charge in [0.05, 0.1) is 6.10 Å². The van der Waals surface area contributed by atoms with E-state index in [1.54, 1.807) is 20.2 Å². The zero-order valence-electron chi connectivity index (χ0n) is 11.8. The Morgan fingerprint density at radius 2 is 2.10 bits per heavy atom. The van der Waals surface area contributed by atoms with Crippen LogP contribution in [0.2, 0.25) is 0 Å². The van der Waals surface area contributed by atoms with E-state index < -0.39 is 15.8 Å². The van der Waals surface area contributed by atoms with Gasteiger partial charge in [-0.2, -0.15) is 0 Å². The summed E-state index contributed by atoms with van der Waals surface area (Å²) in [5.74, 6) is -0.720. The van der Waals surface area contributed by atoms with Gasteiger partial charge < -0.3 is 10.1 Å². The maximum Gasteiger partial charge on any atom is 0.243 e. The summed E-state index contributed by atoms with van der Waals surface area (Å²) in [7, 11) is -0.621. The topological polar surface area (TPSA) is 67.4 Å². The van der Waals surface area contributed by atoms with Crippen molar-refractivity contribution in [3.63, 3.8) is 0 Å². The van der Waals surface area contributed by atoms with Crippen LogP contribution in [-0.2, 0) is 21.3 Å². The molecule has 0 aliphatic heterocycles. The van der Waals surface area contributed by atoms with E-state index in [1.165, 1.54) is 6.07 Å². The van der Waals surface area contributed by atoms with Crippen molar-refractivity contribution in [2.24, 2.45) is 0 Å². The van der Waals surface area contributed by atoms with E-state index in [1.807, 2.05) is 0 Å². The minimum absolute atomic E-state index is 0.0740. The molecular weight excluding hydrogens is 363 g/mol. The molecule has 2 N–H and O–H groups in total. The Morgan fingerprint density at radius 3 is 2.67 bits per heavy atom. The second kappa shape index (κ2) is 6.70. The number of nitrogens with one attached hydrogen (secondary N) is 2. The van der Waals surface area contributed by atoms with Crippen LogP contribution in [0.15, 0.2) is 21.5 Å². The molecule has 1 aliphatic rings. The first-order valence-electron chi connectivity index (χ1n) is 6.55. The third-order valence-corrected chi connectivity index (χ3v) is 5.46. The number of methoxy groups -OCH3 is 1. The Hall–Kier alpha value is -0.540. The van der Waals surface area contributed by atoms with E-state index in [4.69, 9.17) is 4.74 Å². The highest BCUT2D eigenvalue weighted by molar-refractivity contribution is 9.10. The van der Waals surface area contributed by atoms with Crippen LogP contribution in [0.1, 0.15) is 18.4 Å². The molecule has 0 aromatic heterocycles. The normalized spacial score (nSPS) is 22.1. The van der Waals surface area contributed by atoms with E-state index in [0.717, 1.165) is 0 Å².